The molecule has 4 nitrogen and oxygen atoms in total. The molecule has 0 aliphatic rings. The molecule has 2 aromatic heterocycles. The minimum atomic E-state index is 0.687. The maximum Gasteiger partial charge on any atom is 0.160 e. The average molecular weight is 613 g/mol. The van der Waals surface area contributed by atoms with Crippen molar-refractivity contribution in [3.8, 4) is 56.5 Å². The van der Waals surface area contributed by atoms with Gasteiger partial charge in [0.1, 0.15) is 0 Å². The van der Waals surface area contributed by atoms with Gasteiger partial charge >= 0.3 is 0 Å². The predicted octanol–water partition coefficient (Wildman–Crippen LogP) is 11.1. The van der Waals surface area contributed by atoms with Crippen LogP contribution >= 0.6 is 0 Å². The van der Waals surface area contributed by atoms with Crippen molar-refractivity contribution in [2.24, 2.45) is 0 Å². The molecule has 4 heteroatoms. The Morgan fingerprint density at radius 1 is 0.292 bits per heavy atom. The molecule has 0 fully saturated rings. The zero-order valence-corrected chi connectivity index (χ0v) is 26.0. The smallest absolute Gasteiger partial charge is 0.160 e. The number of para-hydroxylation sites is 1. The first kappa shape index (κ1) is 27.8. The Hall–Kier alpha value is -6.52. The van der Waals surface area contributed by atoms with Crippen LogP contribution in [0.2, 0.25) is 0 Å². The van der Waals surface area contributed by atoms with Crippen molar-refractivity contribution in [2.75, 3.05) is 0 Å². The van der Waals surface area contributed by atoms with E-state index in [0.717, 1.165) is 55.8 Å². The summed E-state index contributed by atoms with van der Waals surface area (Å²) < 4.78 is 0. The van der Waals surface area contributed by atoms with E-state index in [9.17, 15) is 0 Å². The second-order valence-electron chi connectivity index (χ2n) is 11.9. The zero-order chi connectivity index (χ0) is 31.9. The molecule has 2 heterocycles. The molecule has 224 valence electrons. The van der Waals surface area contributed by atoms with Crippen molar-refractivity contribution >= 4 is 32.4 Å². The molecule has 0 aliphatic heterocycles. The monoisotopic (exact) mass is 612 g/mol. The lowest BCUT2D eigenvalue weighted by Gasteiger charge is -2.12. The molecule has 0 N–H and O–H groups in total. The van der Waals surface area contributed by atoms with Gasteiger partial charge in [0.2, 0.25) is 0 Å². The Kier molecular flexibility index (Phi) is 6.76. The molecule has 0 amide bonds. The van der Waals surface area contributed by atoms with Crippen molar-refractivity contribution in [2.45, 2.75) is 0 Å². The van der Waals surface area contributed by atoms with Gasteiger partial charge in [0.15, 0.2) is 11.6 Å². The van der Waals surface area contributed by atoms with E-state index in [4.69, 9.17) is 19.9 Å². The molecule has 0 saturated heterocycles. The third-order valence-electron chi connectivity index (χ3n) is 8.85. The summed E-state index contributed by atoms with van der Waals surface area (Å²) in [5.41, 5.74) is 8.61. The number of aromatic nitrogens is 4. The molecule has 9 rings (SSSR count). The summed E-state index contributed by atoms with van der Waals surface area (Å²) in [5, 5.41) is 5.90. The van der Waals surface area contributed by atoms with Crippen molar-refractivity contribution in [3.05, 3.63) is 170 Å². The van der Waals surface area contributed by atoms with E-state index in [0.29, 0.717) is 11.6 Å². The van der Waals surface area contributed by atoms with Crippen LogP contribution in [0.5, 0.6) is 0 Å². The summed E-state index contributed by atoms with van der Waals surface area (Å²) in [6.45, 7) is 0. The highest BCUT2D eigenvalue weighted by molar-refractivity contribution is 6.01. The summed E-state index contributed by atoms with van der Waals surface area (Å²) in [6.07, 6.45) is 0. The van der Waals surface area contributed by atoms with Gasteiger partial charge in [-0.15, -0.1) is 0 Å². The van der Waals surface area contributed by atoms with Gasteiger partial charge in [0.05, 0.1) is 22.6 Å². The Morgan fingerprint density at radius 3 is 1.52 bits per heavy atom. The average Bonchev–Trinajstić information content (AvgIpc) is 3.17. The van der Waals surface area contributed by atoms with E-state index in [-0.39, 0.29) is 0 Å². The normalized spacial score (nSPS) is 11.3. The van der Waals surface area contributed by atoms with E-state index in [2.05, 4.69) is 109 Å². The molecule has 0 bridgehead atoms. The van der Waals surface area contributed by atoms with Gasteiger partial charge in [0, 0.05) is 33.2 Å². The van der Waals surface area contributed by atoms with Crippen LogP contribution in [0, 0.1) is 0 Å². The largest absolute Gasteiger partial charge is 0.228 e. The number of hydrogen-bond acceptors (Lipinski definition) is 4. The fourth-order valence-electron chi connectivity index (χ4n) is 6.37. The third-order valence-corrected chi connectivity index (χ3v) is 8.85. The van der Waals surface area contributed by atoms with Crippen LogP contribution in [-0.4, -0.2) is 19.9 Å². The summed E-state index contributed by atoms with van der Waals surface area (Å²) in [5.74, 6) is 1.38. The first-order chi connectivity index (χ1) is 23.7. The molecule has 48 heavy (non-hydrogen) atoms. The molecule has 0 saturated carbocycles. The number of fused-ring (bicyclic) bond motifs is 3. The van der Waals surface area contributed by atoms with E-state index >= 15 is 0 Å². The number of benzene rings is 7. The van der Waals surface area contributed by atoms with Crippen LogP contribution in [0.1, 0.15) is 0 Å². The SMILES string of the molecule is c1ccc(-c2cc(-c3ccc(-c4nc(-c5ccc6cc7ccccc7cc6c5)c5ccccc5n4)cc3)nc(-c3ccccc3)n2)cc1. The Balaban J connectivity index is 1.13. The van der Waals surface area contributed by atoms with Crippen LogP contribution in [-0.2, 0) is 0 Å². The molecule has 0 radical (unpaired) electrons. The highest BCUT2D eigenvalue weighted by atomic mass is 14.9. The van der Waals surface area contributed by atoms with Gasteiger partial charge in [-0.1, -0.05) is 140 Å². The van der Waals surface area contributed by atoms with Crippen molar-refractivity contribution in [1.29, 1.82) is 0 Å². The minimum absolute atomic E-state index is 0.687. The first-order valence-corrected chi connectivity index (χ1v) is 16.1. The van der Waals surface area contributed by atoms with Gasteiger partial charge in [-0.2, -0.15) is 0 Å². The topological polar surface area (TPSA) is 51.6 Å². The first-order valence-electron chi connectivity index (χ1n) is 16.1. The van der Waals surface area contributed by atoms with Gasteiger partial charge in [-0.05, 0) is 51.9 Å². The fraction of sp³-hybridized carbons (Fsp3) is 0. The summed E-state index contributed by atoms with van der Waals surface area (Å²) in [4.78, 5) is 20.1. The quantitative estimate of drug-likeness (QED) is 0.181. The number of rotatable bonds is 5. The molecule has 0 spiro atoms. The lowest BCUT2D eigenvalue weighted by Crippen LogP contribution is -1.97. The molecule has 0 atom stereocenters. The maximum atomic E-state index is 5.18. The van der Waals surface area contributed by atoms with E-state index in [1.54, 1.807) is 0 Å². The summed E-state index contributed by atoms with van der Waals surface area (Å²) in [7, 11) is 0. The zero-order valence-electron chi connectivity index (χ0n) is 26.0. The molecule has 7 aromatic carbocycles. The predicted molar refractivity (Wildman–Crippen MR) is 197 cm³/mol. The van der Waals surface area contributed by atoms with Crippen LogP contribution in [0.4, 0.5) is 0 Å². The lowest BCUT2D eigenvalue weighted by atomic mass is 9.99. The highest BCUT2D eigenvalue weighted by Gasteiger charge is 2.14. The maximum absolute atomic E-state index is 5.18. The van der Waals surface area contributed by atoms with Crippen LogP contribution in [0.25, 0.3) is 89.0 Å². The molecular weight excluding hydrogens is 585 g/mol. The van der Waals surface area contributed by atoms with Gasteiger partial charge < -0.3 is 0 Å². The molecule has 0 unspecified atom stereocenters. The second kappa shape index (κ2) is 11.7. The van der Waals surface area contributed by atoms with Crippen molar-refractivity contribution in [1.82, 2.24) is 19.9 Å². The van der Waals surface area contributed by atoms with Crippen LogP contribution in [0.3, 0.4) is 0 Å². The standard InChI is InChI=1S/C44H28N4/c1-3-11-29(12-4-1)40-28-41(47-43(46-40)31-13-5-2-6-14-31)30-19-21-32(22-20-30)44-45-39-18-10-9-17-38(39)42(48-44)36-24-23-35-25-33-15-7-8-16-34(33)26-37(35)27-36/h1-28H. The van der Waals surface area contributed by atoms with E-state index in [1.807, 2.05) is 60.7 Å². The number of hydrogen-bond donors (Lipinski definition) is 0. The second-order valence-corrected chi connectivity index (χ2v) is 11.9. The Bertz CT molecular complexity index is 2540. The van der Waals surface area contributed by atoms with Gasteiger partial charge in [0.25, 0.3) is 0 Å². The fourth-order valence-corrected chi connectivity index (χ4v) is 6.37. The van der Waals surface area contributed by atoms with Crippen molar-refractivity contribution < 1.29 is 0 Å². The van der Waals surface area contributed by atoms with Gasteiger partial charge in [-0.25, -0.2) is 19.9 Å². The minimum Gasteiger partial charge on any atom is -0.228 e. The molecular formula is C44H28N4. The number of nitrogens with zero attached hydrogens (tertiary/aromatic N) is 4. The highest BCUT2D eigenvalue weighted by Crippen LogP contribution is 2.34. The molecule has 0 aliphatic carbocycles. The summed E-state index contributed by atoms with van der Waals surface area (Å²) >= 11 is 0. The van der Waals surface area contributed by atoms with Crippen molar-refractivity contribution in [3.63, 3.8) is 0 Å². The lowest BCUT2D eigenvalue weighted by molar-refractivity contribution is 1.18. The van der Waals surface area contributed by atoms with Crippen LogP contribution in [0.15, 0.2) is 170 Å². The Morgan fingerprint density at radius 2 is 0.792 bits per heavy atom. The summed E-state index contributed by atoms with van der Waals surface area (Å²) in [6, 6.07) is 58.6. The molecule has 9 aromatic rings. The van der Waals surface area contributed by atoms with E-state index < -0.39 is 0 Å². The van der Waals surface area contributed by atoms with Gasteiger partial charge in [-0.3, -0.25) is 0 Å². The third kappa shape index (κ3) is 5.16. The Labute approximate surface area is 278 Å². The van der Waals surface area contributed by atoms with E-state index in [1.165, 1.54) is 21.5 Å². The van der Waals surface area contributed by atoms with Crippen LogP contribution < -0.4 is 0 Å².